The molecule has 31 heavy (non-hydrogen) atoms. The Labute approximate surface area is 186 Å². The van der Waals surface area contributed by atoms with Crippen LogP contribution in [0.2, 0.25) is 0 Å². The fourth-order valence-electron chi connectivity index (χ4n) is 4.12. The Morgan fingerprint density at radius 2 is 1.74 bits per heavy atom. The summed E-state index contributed by atoms with van der Waals surface area (Å²) in [5.74, 6) is -0.224. The minimum absolute atomic E-state index is 0.211. The SMILES string of the molecule is CN1CCC(OC(c2cccc(-c3ccc(F)cc3)c2)c2nc3ccccc3s2)CC1. The number of likely N-dealkylation sites (tertiary alicyclic amines) is 1. The molecule has 2 heterocycles. The highest BCUT2D eigenvalue weighted by molar-refractivity contribution is 7.18. The highest BCUT2D eigenvalue weighted by Crippen LogP contribution is 2.36. The second-order valence-corrected chi connectivity index (χ2v) is 9.23. The molecule has 0 N–H and O–H groups in total. The molecule has 1 unspecified atom stereocenters. The topological polar surface area (TPSA) is 25.4 Å². The second kappa shape index (κ2) is 8.87. The highest BCUT2D eigenvalue weighted by Gasteiger charge is 2.26. The van der Waals surface area contributed by atoms with E-state index in [0.717, 1.165) is 53.1 Å². The first kappa shape index (κ1) is 20.3. The van der Waals surface area contributed by atoms with Gasteiger partial charge in [-0.1, -0.05) is 42.5 Å². The summed E-state index contributed by atoms with van der Waals surface area (Å²) >= 11 is 1.70. The number of rotatable bonds is 5. The van der Waals surface area contributed by atoms with Gasteiger partial charge in [0.05, 0.1) is 16.3 Å². The molecule has 1 aromatic heterocycles. The Hall–Kier alpha value is -2.60. The summed E-state index contributed by atoms with van der Waals surface area (Å²) in [5, 5.41) is 0.983. The van der Waals surface area contributed by atoms with Crippen molar-refractivity contribution in [3.05, 3.63) is 89.2 Å². The van der Waals surface area contributed by atoms with E-state index in [4.69, 9.17) is 9.72 Å². The molecule has 0 amide bonds. The van der Waals surface area contributed by atoms with Crippen LogP contribution in [0.25, 0.3) is 21.3 Å². The lowest BCUT2D eigenvalue weighted by Crippen LogP contribution is -2.35. The van der Waals surface area contributed by atoms with Crippen LogP contribution in [-0.4, -0.2) is 36.1 Å². The van der Waals surface area contributed by atoms with Gasteiger partial charge in [-0.25, -0.2) is 9.37 Å². The van der Waals surface area contributed by atoms with Gasteiger partial charge in [0.2, 0.25) is 0 Å². The van der Waals surface area contributed by atoms with Gasteiger partial charge in [0.15, 0.2) is 0 Å². The van der Waals surface area contributed by atoms with Gasteiger partial charge in [0.25, 0.3) is 0 Å². The lowest BCUT2D eigenvalue weighted by atomic mass is 10.00. The summed E-state index contributed by atoms with van der Waals surface area (Å²) in [5.41, 5.74) is 4.13. The predicted octanol–water partition coefficient (Wildman–Crippen LogP) is 6.30. The van der Waals surface area contributed by atoms with E-state index in [-0.39, 0.29) is 18.0 Å². The van der Waals surface area contributed by atoms with E-state index in [1.807, 2.05) is 30.3 Å². The van der Waals surface area contributed by atoms with E-state index in [0.29, 0.717) is 0 Å². The number of ether oxygens (including phenoxy) is 1. The van der Waals surface area contributed by atoms with Gasteiger partial charge in [-0.05, 0) is 66.9 Å². The molecule has 1 aliphatic heterocycles. The lowest BCUT2D eigenvalue weighted by molar-refractivity contribution is -0.0234. The summed E-state index contributed by atoms with van der Waals surface area (Å²) in [6.07, 6.45) is 2.04. The summed E-state index contributed by atoms with van der Waals surface area (Å²) in [7, 11) is 2.16. The quantitative estimate of drug-likeness (QED) is 0.370. The van der Waals surface area contributed by atoms with Crippen molar-refractivity contribution in [2.75, 3.05) is 20.1 Å². The average molecular weight is 433 g/mol. The molecular formula is C26H25FN2OS. The van der Waals surface area contributed by atoms with E-state index >= 15 is 0 Å². The van der Waals surface area contributed by atoms with E-state index in [1.165, 1.54) is 16.8 Å². The van der Waals surface area contributed by atoms with Crippen LogP contribution in [0.5, 0.6) is 0 Å². The molecule has 5 heteroatoms. The Kier molecular flexibility index (Phi) is 5.81. The van der Waals surface area contributed by atoms with Crippen molar-refractivity contribution in [1.82, 2.24) is 9.88 Å². The lowest BCUT2D eigenvalue weighted by Gasteiger charge is -2.31. The van der Waals surface area contributed by atoms with Crippen LogP contribution in [0, 0.1) is 5.82 Å². The number of para-hydroxylation sites is 1. The standard InChI is InChI=1S/C26H25FN2OS/c1-29-15-13-22(14-16-29)30-25(26-28-23-7-2-3-8-24(23)31-26)20-6-4-5-19(17-20)18-9-11-21(27)12-10-18/h2-12,17,22,25H,13-16H2,1H3. The van der Waals surface area contributed by atoms with Gasteiger partial charge in [0.1, 0.15) is 16.9 Å². The van der Waals surface area contributed by atoms with Crippen molar-refractivity contribution in [3.8, 4) is 11.1 Å². The third kappa shape index (κ3) is 4.54. The van der Waals surface area contributed by atoms with Crippen LogP contribution >= 0.6 is 11.3 Å². The van der Waals surface area contributed by atoms with Crippen LogP contribution < -0.4 is 0 Å². The van der Waals surface area contributed by atoms with Crippen molar-refractivity contribution in [1.29, 1.82) is 0 Å². The molecule has 3 aromatic carbocycles. The molecule has 1 atom stereocenters. The van der Waals surface area contributed by atoms with E-state index in [1.54, 1.807) is 11.3 Å². The Bertz CT molecular complexity index is 1130. The van der Waals surface area contributed by atoms with Crippen LogP contribution in [0.3, 0.4) is 0 Å². The van der Waals surface area contributed by atoms with Gasteiger partial charge in [-0.3, -0.25) is 0 Å². The number of nitrogens with zero attached hydrogens (tertiary/aromatic N) is 2. The summed E-state index contributed by atoms with van der Waals surface area (Å²) in [6, 6.07) is 23.2. The van der Waals surface area contributed by atoms with Crippen molar-refractivity contribution >= 4 is 21.6 Å². The van der Waals surface area contributed by atoms with Crippen molar-refractivity contribution in [2.24, 2.45) is 0 Å². The molecule has 0 aliphatic carbocycles. The Morgan fingerprint density at radius 3 is 2.52 bits per heavy atom. The molecule has 1 aliphatic rings. The van der Waals surface area contributed by atoms with Gasteiger partial charge in [-0.15, -0.1) is 11.3 Å². The molecule has 0 saturated carbocycles. The number of piperidine rings is 1. The number of thiazole rings is 1. The van der Waals surface area contributed by atoms with Crippen molar-refractivity contribution < 1.29 is 9.13 Å². The molecule has 158 valence electrons. The molecule has 5 rings (SSSR count). The fourth-order valence-corrected chi connectivity index (χ4v) is 5.15. The normalized spacial score (nSPS) is 16.6. The first-order valence-electron chi connectivity index (χ1n) is 10.7. The molecular weight excluding hydrogens is 407 g/mol. The first-order valence-corrected chi connectivity index (χ1v) is 11.5. The molecule has 3 nitrogen and oxygen atoms in total. The minimum atomic E-state index is -0.224. The zero-order valence-electron chi connectivity index (χ0n) is 17.5. The fraction of sp³-hybridized carbons (Fsp3) is 0.269. The smallest absolute Gasteiger partial charge is 0.134 e. The molecule has 1 fully saturated rings. The zero-order valence-corrected chi connectivity index (χ0v) is 18.3. The number of benzene rings is 3. The number of hydrogen-bond acceptors (Lipinski definition) is 4. The molecule has 0 bridgehead atoms. The first-order chi connectivity index (χ1) is 15.2. The third-order valence-corrected chi connectivity index (χ3v) is 6.98. The maximum absolute atomic E-state index is 13.4. The van der Waals surface area contributed by atoms with Crippen molar-refractivity contribution in [3.63, 3.8) is 0 Å². The number of halogens is 1. The third-order valence-electron chi connectivity index (χ3n) is 5.90. The maximum atomic E-state index is 13.4. The van der Waals surface area contributed by atoms with Gasteiger partial charge < -0.3 is 9.64 Å². The van der Waals surface area contributed by atoms with Gasteiger partial charge in [-0.2, -0.15) is 0 Å². The molecule has 0 spiro atoms. The number of hydrogen-bond donors (Lipinski definition) is 0. The van der Waals surface area contributed by atoms with Crippen LogP contribution in [0.15, 0.2) is 72.8 Å². The molecule has 4 aromatic rings. The minimum Gasteiger partial charge on any atom is -0.363 e. The van der Waals surface area contributed by atoms with Crippen molar-refractivity contribution in [2.45, 2.75) is 25.0 Å². The van der Waals surface area contributed by atoms with E-state index in [2.05, 4.69) is 42.3 Å². The van der Waals surface area contributed by atoms with E-state index in [9.17, 15) is 4.39 Å². The summed E-state index contributed by atoms with van der Waals surface area (Å²) in [4.78, 5) is 7.27. The monoisotopic (exact) mass is 432 g/mol. The molecule has 0 radical (unpaired) electrons. The molecule has 1 saturated heterocycles. The van der Waals surface area contributed by atoms with Crippen LogP contribution in [0.4, 0.5) is 4.39 Å². The Balaban J connectivity index is 1.52. The number of aromatic nitrogens is 1. The van der Waals surface area contributed by atoms with Gasteiger partial charge >= 0.3 is 0 Å². The Morgan fingerprint density at radius 1 is 0.968 bits per heavy atom. The zero-order chi connectivity index (χ0) is 21.2. The average Bonchev–Trinajstić information content (AvgIpc) is 3.23. The van der Waals surface area contributed by atoms with E-state index < -0.39 is 0 Å². The second-order valence-electron chi connectivity index (χ2n) is 8.17. The largest absolute Gasteiger partial charge is 0.363 e. The predicted molar refractivity (Wildman–Crippen MR) is 125 cm³/mol. The van der Waals surface area contributed by atoms with Crippen LogP contribution in [0.1, 0.15) is 29.5 Å². The highest BCUT2D eigenvalue weighted by atomic mass is 32.1. The number of fused-ring (bicyclic) bond motifs is 1. The van der Waals surface area contributed by atoms with Gasteiger partial charge in [0, 0.05) is 13.1 Å². The van der Waals surface area contributed by atoms with Crippen LogP contribution in [-0.2, 0) is 4.74 Å². The summed E-state index contributed by atoms with van der Waals surface area (Å²) < 4.78 is 21.3. The maximum Gasteiger partial charge on any atom is 0.134 e. The summed E-state index contributed by atoms with van der Waals surface area (Å²) in [6.45, 7) is 2.10.